The van der Waals surface area contributed by atoms with E-state index in [4.69, 9.17) is 4.74 Å². The van der Waals surface area contributed by atoms with Crippen LogP contribution in [0.3, 0.4) is 0 Å². The van der Waals surface area contributed by atoms with E-state index in [-0.39, 0.29) is 0 Å². The molecule has 1 saturated heterocycles. The summed E-state index contributed by atoms with van der Waals surface area (Å²) < 4.78 is 6.09. The van der Waals surface area contributed by atoms with Crippen molar-refractivity contribution in [3.05, 3.63) is 0 Å². The molecule has 2 aliphatic carbocycles. The fourth-order valence-electron chi connectivity index (χ4n) is 5.16. The number of guanidine groups is 1. The summed E-state index contributed by atoms with van der Waals surface area (Å²) in [6.45, 7) is 7.29. The monoisotopic (exact) mass is 365 g/mol. The first-order chi connectivity index (χ1) is 12.6. The summed E-state index contributed by atoms with van der Waals surface area (Å²) in [6, 6.07) is 1.03. The highest BCUT2D eigenvalue weighted by Crippen LogP contribution is 2.53. The van der Waals surface area contributed by atoms with Gasteiger partial charge < -0.3 is 20.3 Å². The van der Waals surface area contributed by atoms with Crippen LogP contribution in [0.5, 0.6) is 0 Å². The number of nitrogens with one attached hydrogen (secondary N) is 2. The van der Waals surface area contributed by atoms with Crippen LogP contribution in [0.2, 0.25) is 0 Å². The summed E-state index contributed by atoms with van der Waals surface area (Å²) in [4.78, 5) is 9.38. The molecule has 26 heavy (non-hydrogen) atoms. The van der Waals surface area contributed by atoms with E-state index in [2.05, 4.69) is 46.4 Å². The van der Waals surface area contributed by atoms with Gasteiger partial charge in [-0.05, 0) is 40.3 Å². The summed E-state index contributed by atoms with van der Waals surface area (Å²) in [5, 5.41) is 7.33. The predicted octanol–water partition coefficient (Wildman–Crippen LogP) is 1.53. The zero-order valence-electron chi connectivity index (χ0n) is 17.3. The molecule has 1 spiro atoms. The van der Waals surface area contributed by atoms with Crippen molar-refractivity contribution >= 4 is 5.96 Å². The molecule has 6 heteroatoms. The number of hydrogen-bond donors (Lipinski definition) is 2. The molecule has 0 aromatic rings. The molecule has 1 aliphatic heterocycles. The molecule has 3 fully saturated rings. The topological polar surface area (TPSA) is 52.1 Å². The van der Waals surface area contributed by atoms with Crippen molar-refractivity contribution in [2.24, 2.45) is 10.4 Å². The van der Waals surface area contributed by atoms with Gasteiger partial charge in [-0.3, -0.25) is 9.89 Å². The molecule has 6 nitrogen and oxygen atoms in total. The SMILES string of the molecule is CCOC1CC(NC(=NC)NCC2CN(C)CCN2C)C12CCCCC2. The lowest BCUT2D eigenvalue weighted by atomic mass is 9.55. The van der Waals surface area contributed by atoms with Crippen molar-refractivity contribution in [2.75, 3.05) is 53.9 Å². The lowest BCUT2D eigenvalue weighted by Crippen LogP contribution is -2.67. The first-order valence-electron chi connectivity index (χ1n) is 10.6. The van der Waals surface area contributed by atoms with Crippen LogP contribution in [-0.4, -0.2) is 87.9 Å². The normalized spacial score (nSPS) is 33.1. The first-order valence-corrected chi connectivity index (χ1v) is 10.6. The van der Waals surface area contributed by atoms with Crippen LogP contribution in [0, 0.1) is 5.41 Å². The number of piperazine rings is 1. The standard InChI is InChI=1S/C20H39N5O/c1-5-26-18-13-17(20(18)9-7-6-8-10-20)23-19(21-2)22-14-16-15-24(3)11-12-25(16)4/h16-18H,5-15H2,1-4H3,(H2,21,22,23). The van der Waals surface area contributed by atoms with Gasteiger partial charge in [0.2, 0.25) is 0 Å². The Kier molecular flexibility index (Phi) is 6.81. The Hall–Kier alpha value is -0.850. The maximum Gasteiger partial charge on any atom is 0.191 e. The summed E-state index contributed by atoms with van der Waals surface area (Å²) in [5.74, 6) is 0.955. The molecule has 2 saturated carbocycles. The maximum atomic E-state index is 6.09. The fourth-order valence-corrected chi connectivity index (χ4v) is 5.16. The zero-order chi connectivity index (χ0) is 18.6. The average molecular weight is 366 g/mol. The van der Waals surface area contributed by atoms with E-state index in [9.17, 15) is 0 Å². The van der Waals surface area contributed by atoms with E-state index in [0.717, 1.165) is 45.2 Å². The molecule has 2 N–H and O–H groups in total. The van der Waals surface area contributed by atoms with Crippen LogP contribution < -0.4 is 10.6 Å². The van der Waals surface area contributed by atoms with E-state index in [1.54, 1.807) is 0 Å². The third-order valence-electron chi connectivity index (χ3n) is 6.96. The molecule has 0 radical (unpaired) electrons. The Morgan fingerprint density at radius 3 is 2.65 bits per heavy atom. The van der Waals surface area contributed by atoms with Crippen molar-refractivity contribution in [1.82, 2.24) is 20.4 Å². The molecule has 0 aromatic carbocycles. The van der Waals surface area contributed by atoms with Gasteiger partial charge in [0.25, 0.3) is 0 Å². The molecular weight excluding hydrogens is 326 g/mol. The largest absolute Gasteiger partial charge is 0.378 e. The van der Waals surface area contributed by atoms with Crippen molar-refractivity contribution in [1.29, 1.82) is 0 Å². The molecule has 3 atom stereocenters. The highest BCUT2D eigenvalue weighted by Gasteiger charge is 2.55. The lowest BCUT2D eigenvalue weighted by molar-refractivity contribution is -0.145. The Morgan fingerprint density at radius 2 is 1.96 bits per heavy atom. The minimum atomic E-state index is 0.327. The molecular formula is C20H39N5O. The molecule has 1 heterocycles. The minimum Gasteiger partial charge on any atom is -0.378 e. The Balaban J connectivity index is 1.54. The zero-order valence-corrected chi connectivity index (χ0v) is 17.3. The van der Waals surface area contributed by atoms with Gasteiger partial charge in [0, 0.05) is 57.3 Å². The Labute approximate surface area is 159 Å². The number of ether oxygens (including phenoxy) is 1. The van der Waals surface area contributed by atoms with Crippen LogP contribution in [0.25, 0.3) is 0 Å². The third-order valence-corrected chi connectivity index (χ3v) is 6.96. The van der Waals surface area contributed by atoms with Gasteiger partial charge in [-0.15, -0.1) is 0 Å². The third kappa shape index (κ3) is 4.18. The van der Waals surface area contributed by atoms with Gasteiger partial charge in [0.05, 0.1) is 6.10 Å². The van der Waals surface area contributed by atoms with Crippen molar-refractivity contribution in [3.8, 4) is 0 Å². The highest BCUT2D eigenvalue weighted by atomic mass is 16.5. The van der Waals surface area contributed by atoms with Crippen LogP contribution in [-0.2, 0) is 4.74 Å². The van der Waals surface area contributed by atoms with Crippen molar-refractivity contribution < 1.29 is 4.74 Å². The summed E-state index contributed by atoms with van der Waals surface area (Å²) in [5.41, 5.74) is 0.327. The number of hydrogen-bond acceptors (Lipinski definition) is 4. The molecule has 3 unspecified atom stereocenters. The van der Waals surface area contributed by atoms with Crippen LogP contribution in [0.1, 0.15) is 45.4 Å². The van der Waals surface area contributed by atoms with E-state index in [1.165, 1.54) is 32.1 Å². The van der Waals surface area contributed by atoms with Gasteiger partial charge in [0.15, 0.2) is 5.96 Å². The predicted molar refractivity (Wildman–Crippen MR) is 108 cm³/mol. The molecule has 150 valence electrons. The average Bonchev–Trinajstić information content (AvgIpc) is 2.66. The van der Waals surface area contributed by atoms with Crippen molar-refractivity contribution in [2.45, 2.75) is 63.6 Å². The molecule has 3 rings (SSSR count). The van der Waals surface area contributed by atoms with E-state index in [0.29, 0.717) is 23.6 Å². The molecule has 0 aromatic heterocycles. The van der Waals surface area contributed by atoms with Crippen LogP contribution in [0.4, 0.5) is 0 Å². The smallest absolute Gasteiger partial charge is 0.191 e. The van der Waals surface area contributed by atoms with E-state index in [1.807, 2.05) is 7.05 Å². The molecule has 3 aliphatic rings. The van der Waals surface area contributed by atoms with Crippen molar-refractivity contribution in [3.63, 3.8) is 0 Å². The fraction of sp³-hybridized carbons (Fsp3) is 0.950. The van der Waals surface area contributed by atoms with E-state index >= 15 is 0 Å². The quantitative estimate of drug-likeness (QED) is 0.572. The second kappa shape index (κ2) is 8.89. The first kappa shape index (κ1) is 19.9. The van der Waals surface area contributed by atoms with E-state index < -0.39 is 0 Å². The lowest BCUT2D eigenvalue weighted by Gasteiger charge is -2.58. The Bertz CT molecular complexity index is 477. The second-order valence-corrected chi connectivity index (χ2v) is 8.52. The van der Waals surface area contributed by atoms with Gasteiger partial charge in [-0.2, -0.15) is 0 Å². The maximum absolute atomic E-state index is 6.09. The van der Waals surface area contributed by atoms with Crippen LogP contribution >= 0.6 is 0 Å². The van der Waals surface area contributed by atoms with Crippen LogP contribution in [0.15, 0.2) is 4.99 Å². The number of likely N-dealkylation sites (N-methyl/N-ethyl adjacent to an activating group) is 2. The number of rotatable bonds is 5. The molecule has 0 bridgehead atoms. The van der Waals surface area contributed by atoms with Gasteiger partial charge in [0.1, 0.15) is 0 Å². The Morgan fingerprint density at radius 1 is 1.19 bits per heavy atom. The summed E-state index contributed by atoms with van der Waals surface area (Å²) >= 11 is 0. The number of nitrogens with zero attached hydrogens (tertiary/aromatic N) is 3. The van der Waals surface area contributed by atoms with Gasteiger partial charge in [-0.1, -0.05) is 19.3 Å². The minimum absolute atomic E-state index is 0.327. The second-order valence-electron chi connectivity index (χ2n) is 8.52. The summed E-state index contributed by atoms with van der Waals surface area (Å²) in [6.07, 6.45) is 8.19. The highest BCUT2D eigenvalue weighted by molar-refractivity contribution is 5.80. The molecule has 0 amide bonds. The summed E-state index contributed by atoms with van der Waals surface area (Å²) in [7, 11) is 6.32. The van der Waals surface area contributed by atoms with Gasteiger partial charge in [-0.25, -0.2) is 0 Å². The number of aliphatic imine (C=N–C) groups is 1. The van der Waals surface area contributed by atoms with Gasteiger partial charge >= 0.3 is 0 Å².